The Kier molecular flexibility index (Phi) is 2.78. The van der Waals surface area contributed by atoms with E-state index in [1.807, 2.05) is 18.2 Å². The highest BCUT2D eigenvalue weighted by Gasteiger charge is 2.42. The van der Waals surface area contributed by atoms with Gasteiger partial charge in [-0.25, -0.2) is 0 Å². The van der Waals surface area contributed by atoms with Gasteiger partial charge in [-0.3, -0.25) is 0 Å². The van der Waals surface area contributed by atoms with Crippen molar-refractivity contribution in [3.63, 3.8) is 0 Å². The quantitative estimate of drug-likeness (QED) is 0.767. The molecule has 15 heavy (non-hydrogen) atoms. The molecule has 0 heterocycles. The maximum Gasteiger partial charge on any atom is 0.183 e. The zero-order valence-corrected chi connectivity index (χ0v) is 9.19. The number of benzene rings is 1. The summed E-state index contributed by atoms with van der Waals surface area (Å²) < 4.78 is 10.5. The smallest absolute Gasteiger partial charge is 0.183 e. The number of hydrogen-bond donors (Lipinski definition) is 1. The number of nitrogens with two attached hydrogens (primary N) is 1. The Morgan fingerprint density at radius 1 is 1.20 bits per heavy atom. The molecule has 1 aliphatic rings. The number of methoxy groups -OCH3 is 2. The van der Waals surface area contributed by atoms with E-state index in [0.717, 1.165) is 24.0 Å². The molecule has 0 aliphatic heterocycles. The zero-order valence-electron chi connectivity index (χ0n) is 9.19. The van der Waals surface area contributed by atoms with Crippen molar-refractivity contribution in [2.24, 2.45) is 5.73 Å². The molecule has 3 nitrogen and oxygen atoms in total. The van der Waals surface area contributed by atoms with Crippen LogP contribution in [-0.4, -0.2) is 14.2 Å². The van der Waals surface area contributed by atoms with E-state index in [0.29, 0.717) is 0 Å². The minimum Gasteiger partial charge on any atom is -0.352 e. The van der Waals surface area contributed by atoms with Gasteiger partial charge in [0.1, 0.15) is 0 Å². The molecule has 1 saturated carbocycles. The van der Waals surface area contributed by atoms with Crippen LogP contribution in [0.15, 0.2) is 24.3 Å². The predicted octanol–water partition coefficient (Wildman–Crippen LogP) is 1.93. The lowest BCUT2D eigenvalue weighted by Crippen LogP contribution is -2.22. The van der Waals surface area contributed by atoms with E-state index < -0.39 is 0 Å². The molecular formula is C12H17NO2. The van der Waals surface area contributed by atoms with Gasteiger partial charge in [-0.05, 0) is 18.4 Å². The van der Waals surface area contributed by atoms with E-state index in [4.69, 9.17) is 15.2 Å². The van der Waals surface area contributed by atoms with Crippen LogP contribution in [0.2, 0.25) is 0 Å². The summed E-state index contributed by atoms with van der Waals surface area (Å²) in [4.78, 5) is 0. The van der Waals surface area contributed by atoms with Crippen molar-refractivity contribution in [1.29, 1.82) is 0 Å². The largest absolute Gasteiger partial charge is 0.352 e. The normalized spacial score (nSPS) is 18.1. The lowest BCUT2D eigenvalue weighted by atomic mass is 9.98. The summed E-state index contributed by atoms with van der Waals surface area (Å²) in [6, 6.07) is 8.07. The molecule has 0 amide bonds. The number of hydrogen-bond acceptors (Lipinski definition) is 3. The van der Waals surface area contributed by atoms with E-state index in [-0.39, 0.29) is 11.8 Å². The van der Waals surface area contributed by atoms with Crippen LogP contribution in [0, 0.1) is 0 Å². The van der Waals surface area contributed by atoms with Crippen LogP contribution < -0.4 is 5.73 Å². The second-order valence-corrected chi connectivity index (χ2v) is 4.05. The molecule has 0 radical (unpaired) electrons. The molecule has 0 atom stereocenters. The first kappa shape index (κ1) is 10.6. The van der Waals surface area contributed by atoms with Gasteiger partial charge in [0.15, 0.2) is 6.29 Å². The van der Waals surface area contributed by atoms with E-state index in [1.165, 1.54) is 0 Å². The molecule has 1 aliphatic carbocycles. The summed E-state index contributed by atoms with van der Waals surface area (Å²) in [6.07, 6.45) is 1.77. The first-order chi connectivity index (χ1) is 7.21. The monoisotopic (exact) mass is 207 g/mol. The van der Waals surface area contributed by atoms with E-state index in [1.54, 1.807) is 14.2 Å². The molecule has 1 aromatic carbocycles. The Balaban J connectivity index is 2.37. The summed E-state index contributed by atoms with van der Waals surface area (Å²) in [5.41, 5.74) is 8.25. The van der Waals surface area contributed by atoms with E-state index >= 15 is 0 Å². The van der Waals surface area contributed by atoms with Crippen LogP contribution in [0.3, 0.4) is 0 Å². The average Bonchev–Trinajstić information content (AvgIpc) is 3.00. The highest BCUT2D eigenvalue weighted by atomic mass is 16.7. The van der Waals surface area contributed by atoms with Crippen molar-refractivity contribution in [2.75, 3.05) is 14.2 Å². The van der Waals surface area contributed by atoms with Crippen molar-refractivity contribution in [3.05, 3.63) is 35.4 Å². The maximum atomic E-state index is 6.20. The molecule has 82 valence electrons. The molecule has 2 N–H and O–H groups in total. The van der Waals surface area contributed by atoms with Gasteiger partial charge in [0, 0.05) is 25.3 Å². The van der Waals surface area contributed by atoms with Crippen LogP contribution in [-0.2, 0) is 15.0 Å². The number of ether oxygens (including phenoxy) is 2. The standard InChI is InChI=1S/C12H17NO2/c1-14-11(15-2)9-5-3-4-6-10(9)12(13)7-8-12/h3-6,11H,7-8,13H2,1-2H3. The Morgan fingerprint density at radius 3 is 2.33 bits per heavy atom. The first-order valence-corrected chi connectivity index (χ1v) is 5.15. The Labute approximate surface area is 90.2 Å². The zero-order chi connectivity index (χ0) is 10.9. The molecule has 2 rings (SSSR count). The molecule has 3 heteroatoms. The van der Waals surface area contributed by atoms with Crippen LogP contribution in [0.5, 0.6) is 0 Å². The summed E-state index contributed by atoms with van der Waals surface area (Å²) in [7, 11) is 3.28. The van der Waals surface area contributed by atoms with E-state index in [2.05, 4.69) is 6.07 Å². The Morgan fingerprint density at radius 2 is 1.80 bits per heavy atom. The second-order valence-electron chi connectivity index (χ2n) is 4.05. The second kappa shape index (κ2) is 3.93. The Hall–Kier alpha value is -0.900. The van der Waals surface area contributed by atoms with E-state index in [9.17, 15) is 0 Å². The average molecular weight is 207 g/mol. The summed E-state index contributed by atoms with van der Waals surface area (Å²) >= 11 is 0. The third-order valence-electron chi connectivity index (χ3n) is 2.97. The van der Waals surface area contributed by atoms with Crippen LogP contribution in [0.4, 0.5) is 0 Å². The SMILES string of the molecule is COC(OC)c1ccccc1C1(N)CC1. The summed E-state index contributed by atoms with van der Waals surface area (Å²) in [5.74, 6) is 0. The third-order valence-corrected chi connectivity index (χ3v) is 2.97. The summed E-state index contributed by atoms with van der Waals surface area (Å²) in [5, 5.41) is 0. The molecule has 1 aromatic rings. The molecule has 0 spiro atoms. The van der Waals surface area contributed by atoms with Crippen molar-refractivity contribution >= 4 is 0 Å². The molecular weight excluding hydrogens is 190 g/mol. The fraction of sp³-hybridized carbons (Fsp3) is 0.500. The van der Waals surface area contributed by atoms with Crippen molar-refractivity contribution in [3.8, 4) is 0 Å². The van der Waals surface area contributed by atoms with Crippen molar-refractivity contribution in [2.45, 2.75) is 24.7 Å². The number of rotatable bonds is 4. The Bertz CT molecular complexity index is 343. The third kappa shape index (κ3) is 1.91. The fourth-order valence-electron chi connectivity index (χ4n) is 1.91. The van der Waals surface area contributed by atoms with Crippen molar-refractivity contribution < 1.29 is 9.47 Å². The van der Waals surface area contributed by atoms with Crippen LogP contribution in [0.1, 0.15) is 30.3 Å². The molecule has 1 fully saturated rings. The van der Waals surface area contributed by atoms with Gasteiger partial charge >= 0.3 is 0 Å². The molecule has 0 aromatic heterocycles. The maximum absolute atomic E-state index is 6.20. The fourth-order valence-corrected chi connectivity index (χ4v) is 1.91. The van der Waals surface area contributed by atoms with Crippen LogP contribution in [0.25, 0.3) is 0 Å². The molecule has 0 bridgehead atoms. The lowest BCUT2D eigenvalue weighted by molar-refractivity contribution is -0.106. The van der Waals surface area contributed by atoms with Gasteiger partial charge in [-0.2, -0.15) is 0 Å². The minimum absolute atomic E-state index is 0.147. The lowest BCUT2D eigenvalue weighted by Gasteiger charge is -2.20. The highest BCUT2D eigenvalue weighted by Crippen LogP contribution is 2.45. The van der Waals surface area contributed by atoms with Gasteiger partial charge in [-0.1, -0.05) is 24.3 Å². The van der Waals surface area contributed by atoms with Crippen LogP contribution >= 0.6 is 0 Å². The van der Waals surface area contributed by atoms with Crippen molar-refractivity contribution in [1.82, 2.24) is 0 Å². The molecule has 0 unspecified atom stereocenters. The van der Waals surface area contributed by atoms with Gasteiger partial charge in [0.05, 0.1) is 0 Å². The van der Waals surface area contributed by atoms with Gasteiger partial charge < -0.3 is 15.2 Å². The topological polar surface area (TPSA) is 44.5 Å². The predicted molar refractivity (Wildman–Crippen MR) is 58.3 cm³/mol. The first-order valence-electron chi connectivity index (χ1n) is 5.15. The summed E-state index contributed by atoms with van der Waals surface area (Å²) in [6.45, 7) is 0. The van der Waals surface area contributed by atoms with Gasteiger partial charge in [-0.15, -0.1) is 0 Å². The highest BCUT2D eigenvalue weighted by molar-refractivity contribution is 5.38. The molecule has 0 saturated heterocycles. The van der Waals surface area contributed by atoms with Gasteiger partial charge in [0.25, 0.3) is 0 Å². The van der Waals surface area contributed by atoms with Gasteiger partial charge in [0.2, 0.25) is 0 Å². The minimum atomic E-state index is -0.317.